The minimum Gasteiger partial charge on any atom is -0.0619 e. The molecule has 0 saturated heterocycles. The molecule has 0 atom stereocenters. The predicted octanol–water partition coefficient (Wildman–Crippen LogP) is 4.36. The first-order chi connectivity index (χ1) is 5.89. The Morgan fingerprint density at radius 2 is 1.31 bits per heavy atom. The molecule has 0 bridgehead atoms. The highest BCUT2D eigenvalue weighted by Gasteiger charge is 2.31. The van der Waals surface area contributed by atoms with E-state index in [1.807, 2.05) is 0 Å². The van der Waals surface area contributed by atoms with Gasteiger partial charge in [-0.15, -0.1) is 0 Å². The molecule has 0 aliphatic heterocycles. The molecule has 0 rings (SSSR count). The standard InChI is InChI=1S/C12H28P/c1-7-8-13(6,9-11(2)3)10-12(4)5/h11-12H,7-10H2,1-6H3/q+1. The van der Waals surface area contributed by atoms with E-state index >= 15 is 0 Å². The molecule has 0 aromatic heterocycles. The van der Waals surface area contributed by atoms with Gasteiger partial charge in [-0.25, -0.2) is 0 Å². The molecule has 80 valence electrons. The fraction of sp³-hybridized carbons (Fsp3) is 1.00. The quantitative estimate of drug-likeness (QED) is 0.563. The summed E-state index contributed by atoms with van der Waals surface area (Å²) in [7, 11) is -0.582. The van der Waals surface area contributed by atoms with Crippen LogP contribution in [0.1, 0.15) is 41.0 Å². The van der Waals surface area contributed by atoms with Crippen molar-refractivity contribution in [2.75, 3.05) is 25.2 Å². The Morgan fingerprint density at radius 3 is 1.54 bits per heavy atom. The average Bonchev–Trinajstić information content (AvgIpc) is 1.81. The third kappa shape index (κ3) is 6.49. The summed E-state index contributed by atoms with van der Waals surface area (Å²) in [5, 5.41) is 0. The zero-order valence-electron chi connectivity index (χ0n) is 10.4. The van der Waals surface area contributed by atoms with E-state index in [1.54, 1.807) is 0 Å². The first-order valence-corrected chi connectivity index (χ1v) is 8.52. The van der Waals surface area contributed by atoms with Crippen LogP contribution in [0.15, 0.2) is 0 Å². The van der Waals surface area contributed by atoms with E-state index in [0.717, 1.165) is 11.8 Å². The van der Waals surface area contributed by atoms with Gasteiger partial charge in [-0.2, -0.15) is 0 Å². The van der Waals surface area contributed by atoms with E-state index in [0.29, 0.717) is 0 Å². The highest BCUT2D eigenvalue weighted by molar-refractivity contribution is 7.75. The molecule has 0 saturated carbocycles. The van der Waals surface area contributed by atoms with Crippen molar-refractivity contribution >= 4 is 7.26 Å². The van der Waals surface area contributed by atoms with Crippen LogP contribution in [0.4, 0.5) is 0 Å². The molecule has 0 spiro atoms. The van der Waals surface area contributed by atoms with Gasteiger partial charge in [0.05, 0.1) is 18.5 Å². The first kappa shape index (κ1) is 13.4. The van der Waals surface area contributed by atoms with Crippen LogP contribution in [0.2, 0.25) is 0 Å². The van der Waals surface area contributed by atoms with E-state index in [9.17, 15) is 0 Å². The van der Waals surface area contributed by atoms with Crippen molar-refractivity contribution < 1.29 is 0 Å². The Balaban J connectivity index is 4.15. The van der Waals surface area contributed by atoms with E-state index in [2.05, 4.69) is 41.3 Å². The molecule has 0 fully saturated rings. The summed E-state index contributed by atoms with van der Waals surface area (Å²) in [5.41, 5.74) is 0. The Bertz CT molecular complexity index is 117. The second-order valence-electron chi connectivity index (χ2n) is 5.50. The zero-order chi connectivity index (χ0) is 10.5. The molecule has 13 heavy (non-hydrogen) atoms. The Hall–Kier alpha value is 0.430. The second-order valence-corrected chi connectivity index (χ2v) is 9.91. The Kier molecular flexibility index (Phi) is 6.21. The molecule has 1 heteroatoms. The van der Waals surface area contributed by atoms with Gasteiger partial charge in [0.25, 0.3) is 0 Å². The lowest BCUT2D eigenvalue weighted by Gasteiger charge is -2.26. The summed E-state index contributed by atoms with van der Waals surface area (Å²) >= 11 is 0. The second kappa shape index (κ2) is 6.02. The summed E-state index contributed by atoms with van der Waals surface area (Å²) < 4.78 is 0. The maximum absolute atomic E-state index is 2.58. The van der Waals surface area contributed by atoms with Gasteiger partial charge in [0.1, 0.15) is 0 Å². The molecule has 0 unspecified atom stereocenters. The van der Waals surface area contributed by atoms with Crippen molar-refractivity contribution in [3.63, 3.8) is 0 Å². The van der Waals surface area contributed by atoms with Crippen LogP contribution in [0.5, 0.6) is 0 Å². The maximum Gasteiger partial charge on any atom is 0.0614 e. The lowest BCUT2D eigenvalue weighted by atomic mass is 10.3. The molecule has 0 N–H and O–H groups in total. The van der Waals surface area contributed by atoms with Crippen molar-refractivity contribution in [1.82, 2.24) is 0 Å². The third-order valence-corrected chi connectivity index (χ3v) is 7.13. The van der Waals surface area contributed by atoms with Gasteiger partial charge in [0.2, 0.25) is 0 Å². The van der Waals surface area contributed by atoms with Crippen LogP contribution in [0, 0.1) is 11.8 Å². The van der Waals surface area contributed by atoms with E-state index < -0.39 is 7.26 Å². The molecular formula is C12H28P+. The van der Waals surface area contributed by atoms with Gasteiger partial charge < -0.3 is 0 Å². The van der Waals surface area contributed by atoms with Crippen molar-refractivity contribution in [2.45, 2.75) is 41.0 Å². The topological polar surface area (TPSA) is 0 Å². The van der Waals surface area contributed by atoms with Crippen molar-refractivity contribution in [3.8, 4) is 0 Å². The smallest absolute Gasteiger partial charge is 0.0614 e. The third-order valence-electron chi connectivity index (χ3n) is 2.38. The van der Waals surface area contributed by atoms with Crippen LogP contribution in [-0.2, 0) is 0 Å². The molecular weight excluding hydrogens is 175 g/mol. The largest absolute Gasteiger partial charge is 0.0619 e. The lowest BCUT2D eigenvalue weighted by molar-refractivity contribution is 0.710. The predicted molar refractivity (Wildman–Crippen MR) is 67.4 cm³/mol. The minimum atomic E-state index is -0.582. The van der Waals surface area contributed by atoms with E-state index in [-0.39, 0.29) is 0 Å². The summed E-state index contributed by atoms with van der Waals surface area (Å²) in [6.07, 6.45) is 5.88. The van der Waals surface area contributed by atoms with Crippen molar-refractivity contribution in [3.05, 3.63) is 0 Å². The molecule has 0 radical (unpaired) electrons. The molecule has 0 heterocycles. The highest BCUT2D eigenvalue weighted by Crippen LogP contribution is 2.57. The molecule has 0 aromatic carbocycles. The number of hydrogen-bond donors (Lipinski definition) is 0. The van der Waals surface area contributed by atoms with Crippen molar-refractivity contribution in [2.24, 2.45) is 11.8 Å². The van der Waals surface area contributed by atoms with Crippen LogP contribution in [0.3, 0.4) is 0 Å². The Labute approximate surface area is 85.8 Å². The van der Waals surface area contributed by atoms with Crippen molar-refractivity contribution in [1.29, 1.82) is 0 Å². The van der Waals surface area contributed by atoms with Gasteiger partial charge in [0, 0.05) is 13.9 Å². The number of rotatable bonds is 6. The fourth-order valence-electron chi connectivity index (χ4n) is 2.56. The molecule has 0 aliphatic carbocycles. The normalized spacial score (nSPS) is 12.9. The minimum absolute atomic E-state index is 0.582. The number of hydrogen-bond acceptors (Lipinski definition) is 0. The molecule has 0 aromatic rings. The van der Waals surface area contributed by atoms with E-state index in [1.165, 1.54) is 24.9 Å². The van der Waals surface area contributed by atoms with Crippen LogP contribution in [0.25, 0.3) is 0 Å². The lowest BCUT2D eigenvalue weighted by Crippen LogP contribution is -2.13. The molecule has 0 aliphatic rings. The van der Waals surface area contributed by atoms with Gasteiger partial charge >= 0.3 is 0 Å². The van der Waals surface area contributed by atoms with Gasteiger partial charge in [-0.3, -0.25) is 0 Å². The molecule has 0 amide bonds. The van der Waals surface area contributed by atoms with Crippen LogP contribution < -0.4 is 0 Å². The zero-order valence-corrected chi connectivity index (χ0v) is 11.3. The highest BCUT2D eigenvalue weighted by atomic mass is 31.2. The van der Waals surface area contributed by atoms with Crippen LogP contribution >= 0.6 is 7.26 Å². The summed E-state index contributed by atoms with van der Waals surface area (Å²) in [5.74, 6) is 1.78. The average molecular weight is 203 g/mol. The van der Waals surface area contributed by atoms with Gasteiger partial charge in [-0.05, 0) is 18.3 Å². The van der Waals surface area contributed by atoms with Crippen LogP contribution in [-0.4, -0.2) is 25.2 Å². The SMILES string of the molecule is CCC[P+](C)(CC(C)C)CC(C)C. The maximum atomic E-state index is 2.58. The Morgan fingerprint density at radius 1 is 0.923 bits per heavy atom. The molecule has 0 nitrogen and oxygen atoms in total. The summed E-state index contributed by atoms with van der Waals surface area (Å²) in [6, 6.07) is 0. The summed E-state index contributed by atoms with van der Waals surface area (Å²) in [6.45, 7) is 14.4. The van der Waals surface area contributed by atoms with Gasteiger partial charge in [-0.1, -0.05) is 34.6 Å². The summed E-state index contributed by atoms with van der Waals surface area (Å²) in [4.78, 5) is 0. The fourth-order valence-corrected chi connectivity index (χ4v) is 7.68. The van der Waals surface area contributed by atoms with E-state index in [4.69, 9.17) is 0 Å². The van der Waals surface area contributed by atoms with Gasteiger partial charge in [0.15, 0.2) is 0 Å². The first-order valence-electron chi connectivity index (χ1n) is 5.73. The monoisotopic (exact) mass is 203 g/mol.